The van der Waals surface area contributed by atoms with Gasteiger partial charge in [-0.25, -0.2) is 9.48 Å². The van der Waals surface area contributed by atoms with Crippen LogP contribution < -0.4 is 0 Å². The molecule has 5 nitrogen and oxygen atoms in total. The molecule has 0 saturated heterocycles. The van der Waals surface area contributed by atoms with Gasteiger partial charge in [0.15, 0.2) is 0 Å². The predicted molar refractivity (Wildman–Crippen MR) is 61.9 cm³/mol. The molecule has 1 aromatic carbocycles. The van der Waals surface area contributed by atoms with E-state index in [2.05, 4.69) is 24.2 Å². The molecule has 1 N–H and O–H groups in total. The Bertz CT molecular complexity index is 615. The zero-order valence-corrected chi connectivity index (χ0v) is 9.71. The summed E-state index contributed by atoms with van der Waals surface area (Å²) in [4.78, 5) is 10.8. The minimum absolute atomic E-state index is 0.250. The van der Waals surface area contributed by atoms with Crippen LogP contribution in [0.2, 0.25) is 0 Å². The molecular formula is C12H13N3O2. The van der Waals surface area contributed by atoms with E-state index in [9.17, 15) is 4.79 Å². The van der Waals surface area contributed by atoms with Crippen molar-refractivity contribution in [1.82, 2.24) is 15.0 Å². The minimum Gasteiger partial charge on any atom is -0.478 e. The van der Waals surface area contributed by atoms with Gasteiger partial charge in [-0.15, -0.1) is 5.10 Å². The molecule has 1 heterocycles. The van der Waals surface area contributed by atoms with Crippen LogP contribution in [0.5, 0.6) is 0 Å². The molecule has 1 fully saturated rings. The zero-order chi connectivity index (χ0) is 12.2. The van der Waals surface area contributed by atoms with Gasteiger partial charge < -0.3 is 5.11 Å². The third-order valence-corrected chi connectivity index (χ3v) is 3.47. The van der Waals surface area contributed by atoms with E-state index in [4.69, 9.17) is 5.11 Å². The smallest absolute Gasteiger partial charge is 0.335 e. The van der Waals surface area contributed by atoms with Gasteiger partial charge in [0.05, 0.1) is 17.1 Å². The van der Waals surface area contributed by atoms with Crippen LogP contribution in [0, 0.1) is 5.41 Å². The number of hydrogen-bond acceptors (Lipinski definition) is 3. The highest BCUT2D eigenvalue weighted by Gasteiger charge is 2.48. The van der Waals surface area contributed by atoms with Crippen LogP contribution in [0.3, 0.4) is 0 Å². The summed E-state index contributed by atoms with van der Waals surface area (Å²) in [5.74, 6) is -0.937. The largest absolute Gasteiger partial charge is 0.478 e. The number of benzene rings is 1. The Labute approximate surface area is 98.0 Å². The summed E-state index contributed by atoms with van der Waals surface area (Å²) in [5.41, 5.74) is 2.07. The number of carboxylic acid groups (broad SMARTS) is 1. The topological polar surface area (TPSA) is 68.0 Å². The molecule has 1 atom stereocenters. The van der Waals surface area contributed by atoms with Crippen LogP contribution in [-0.2, 0) is 0 Å². The SMILES string of the molecule is CC1(C)CC1n1nnc2cc(C(=O)O)ccc21. The second kappa shape index (κ2) is 3.06. The second-order valence-corrected chi connectivity index (χ2v) is 5.25. The van der Waals surface area contributed by atoms with Crippen molar-refractivity contribution >= 4 is 17.0 Å². The Morgan fingerprint density at radius 2 is 2.24 bits per heavy atom. The third-order valence-electron chi connectivity index (χ3n) is 3.47. The van der Waals surface area contributed by atoms with Gasteiger partial charge in [-0.2, -0.15) is 0 Å². The van der Waals surface area contributed by atoms with Crippen LogP contribution in [-0.4, -0.2) is 26.1 Å². The van der Waals surface area contributed by atoms with Gasteiger partial charge in [0.2, 0.25) is 0 Å². The first-order chi connectivity index (χ1) is 7.99. The summed E-state index contributed by atoms with van der Waals surface area (Å²) in [6.07, 6.45) is 1.09. The second-order valence-electron chi connectivity index (χ2n) is 5.25. The lowest BCUT2D eigenvalue weighted by Crippen LogP contribution is -2.02. The van der Waals surface area contributed by atoms with Gasteiger partial charge in [-0.05, 0) is 30.0 Å². The molecule has 2 aromatic rings. The predicted octanol–water partition coefficient (Wildman–Crippen LogP) is 2.10. The molecular weight excluding hydrogens is 218 g/mol. The summed E-state index contributed by atoms with van der Waals surface area (Å²) in [6, 6.07) is 5.33. The average Bonchev–Trinajstić information content (AvgIpc) is 2.74. The first kappa shape index (κ1) is 10.3. The van der Waals surface area contributed by atoms with Gasteiger partial charge in [-0.1, -0.05) is 19.1 Å². The lowest BCUT2D eigenvalue weighted by molar-refractivity contribution is 0.0697. The van der Waals surface area contributed by atoms with Gasteiger partial charge in [0.1, 0.15) is 5.52 Å². The number of hydrogen-bond donors (Lipinski definition) is 1. The molecule has 0 amide bonds. The Hall–Kier alpha value is -1.91. The van der Waals surface area contributed by atoms with Gasteiger partial charge in [0, 0.05) is 0 Å². The quantitative estimate of drug-likeness (QED) is 0.859. The fraction of sp³-hybridized carbons (Fsp3) is 0.417. The van der Waals surface area contributed by atoms with Crippen LogP contribution >= 0.6 is 0 Å². The fourth-order valence-corrected chi connectivity index (χ4v) is 2.16. The van der Waals surface area contributed by atoms with Gasteiger partial charge in [0.25, 0.3) is 0 Å². The van der Waals surface area contributed by atoms with E-state index in [-0.39, 0.29) is 11.0 Å². The summed E-state index contributed by atoms with van der Waals surface area (Å²) in [7, 11) is 0. The van der Waals surface area contributed by atoms with Crippen molar-refractivity contribution in [2.45, 2.75) is 26.3 Å². The molecule has 17 heavy (non-hydrogen) atoms. The highest BCUT2D eigenvalue weighted by molar-refractivity contribution is 5.92. The maximum Gasteiger partial charge on any atom is 0.335 e. The third kappa shape index (κ3) is 1.50. The van der Waals surface area contributed by atoms with E-state index in [1.54, 1.807) is 18.2 Å². The van der Waals surface area contributed by atoms with Crippen LogP contribution in [0.25, 0.3) is 11.0 Å². The maximum atomic E-state index is 10.8. The molecule has 5 heteroatoms. The Morgan fingerprint density at radius 1 is 1.53 bits per heavy atom. The number of nitrogens with zero attached hydrogens (tertiary/aromatic N) is 3. The molecule has 1 aromatic heterocycles. The number of rotatable bonds is 2. The van der Waals surface area contributed by atoms with Crippen molar-refractivity contribution in [3.8, 4) is 0 Å². The van der Waals surface area contributed by atoms with Crippen LogP contribution in [0.15, 0.2) is 18.2 Å². The molecule has 1 aliphatic rings. The number of fused-ring (bicyclic) bond motifs is 1. The number of aromatic nitrogens is 3. The standard InChI is InChI=1S/C12H13N3O2/c1-12(2)6-10(12)15-9-4-3-7(11(16)17)5-8(9)13-14-15/h3-5,10H,6H2,1-2H3,(H,16,17). The number of carbonyl (C=O) groups is 1. The summed E-state index contributed by atoms with van der Waals surface area (Å²) >= 11 is 0. The molecule has 3 rings (SSSR count). The Balaban J connectivity index is 2.09. The molecule has 1 saturated carbocycles. The molecule has 0 radical (unpaired) electrons. The lowest BCUT2D eigenvalue weighted by atomic mass is 10.2. The van der Waals surface area contributed by atoms with Crippen LogP contribution in [0.1, 0.15) is 36.7 Å². The molecule has 0 bridgehead atoms. The Morgan fingerprint density at radius 3 is 2.82 bits per heavy atom. The van der Waals surface area contributed by atoms with E-state index in [1.165, 1.54) is 0 Å². The van der Waals surface area contributed by atoms with Crippen molar-refractivity contribution in [3.63, 3.8) is 0 Å². The van der Waals surface area contributed by atoms with Crippen molar-refractivity contribution in [3.05, 3.63) is 23.8 Å². The van der Waals surface area contributed by atoms with Crippen molar-refractivity contribution in [2.24, 2.45) is 5.41 Å². The maximum absolute atomic E-state index is 10.8. The highest BCUT2D eigenvalue weighted by Crippen LogP contribution is 2.55. The van der Waals surface area contributed by atoms with E-state index in [0.29, 0.717) is 11.6 Å². The zero-order valence-electron chi connectivity index (χ0n) is 9.71. The van der Waals surface area contributed by atoms with E-state index >= 15 is 0 Å². The van der Waals surface area contributed by atoms with Gasteiger partial charge >= 0.3 is 5.97 Å². The molecule has 0 spiro atoms. The highest BCUT2D eigenvalue weighted by atomic mass is 16.4. The Kier molecular flexibility index (Phi) is 1.85. The normalized spacial score (nSPS) is 21.6. The first-order valence-corrected chi connectivity index (χ1v) is 5.57. The monoisotopic (exact) mass is 231 g/mol. The molecule has 1 unspecified atom stereocenters. The fourth-order valence-electron chi connectivity index (χ4n) is 2.16. The lowest BCUT2D eigenvalue weighted by Gasteiger charge is -2.04. The minimum atomic E-state index is -0.937. The summed E-state index contributed by atoms with van der Waals surface area (Å²) < 4.78 is 1.90. The van der Waals surface area contributed by atoms with Crippen molar-refractivity contribution in [1.29, 1.82) is 0 Å². The van der Waals surface area contributed by atoms with Crippen LogP contribution in [0.4, 0.5) is 0 Å². The first-order valence-electron chi connectivity index (χ1n) is 5.57. The van der Waals surface area contributed by atoms with Gasteiger partial charge in [-0.3, -0.25) is 0 Å². The summed E-state index contributed by atoms with van der Waals surface area (Å²) in [6.45, 7) is 4.38. The van der Waals surface area contributed by atoms with E-state index in [0.717, 1.165) is 11.9 Å². The van der Waals surface area contributed by atoms with E-state index in [1.807, 2.05) is 4.68 Å². The molecule has 0 aliphatic heterocycles. The molecule has 88 valence electrons. The summed E-state index contributed by atoms with van der Waals surface area (Å²) in [5, 5.41) is 17.1. The van der Waals surface area contributed by atoms with E-state index < -0.39 is 5.97 Å². The van der Waals surface area contributed by atoms with Crippen molar-refractivity contribution in [2.75, 3.05) is 0 Å². The average molecular weight is 231 g/mol. The number of aromatic carboxylic acids is 1. The van der Waals surface area contributed by atoms with Crippen molar-refractivity contribution < 1.29 is 9.90 Å². The number of carboxylic acids is 1. The molecule has 1 aliphatic carbocycles.